The predicted molar refractivity (Wildman–Crippen MR) is 111 cm³/mol. The molecule has 0 aliphatic carbocycles. The molecule has 1 aromatic heterocycles. The quantitative estimate of drug-likeness (QED) is 0.638. The number of anilines is 1. The van der Waals surface area contributed by atoms with Gasteiger partial charge in [0.15, 0.2) is 0 Å². The number of rotatable bonds is 6. The molecular weight excluding hydrogens is 415 g/mol. The van der Waals surface area contributed by atoms with Gasteiger partial charge in [-0.2, -0.15) is 10.4 Å². The minimum Gasteiger partial charge on any atom is -0.457 e. The van der Waals surface area contributed by atoms with Crippen molar-refractivity contribution in [1.29, 1.82) is 5.26 Å². The number of ether oxygens (including phenoxy) is 1. The second kappa shape index (κ2) is 9.26. The van der Waals surface area contributed by atoms with Crippen LogP contribution in [0, 0.1) is 23.1 Å². The number of nitrogens with one attached hydrogen (secondary N) is 1. The monoisotopic (exact) mass is 434 g/mol. The van der Waals surface area contributed by atoms with Crippen molar-refractivity contribution in [3.8, 4) is 17.6 Å². The van der Waals surface area contributed by atoms with E-state index in [2.05, 4.69) is 21.5 Å². The average molecular weight is 434 g/mol. The molecule has 1 saturated heterocycles. The van der Waals surface area contributed by atoms with Gasteiger partial charge in [0.1, 0.15) is 42.6 Å². The molecule has 0 radical (unpaired) electrons. The molecule has 1 fully saturated rings. The molecule has 3 aromatic rings. The maximum absolute atomic E-state index is 13.0. The predicted octanol–water partition coefficient (Wildman–Crippen LogP) is 2.59. The molecular formula is C22H19FN6O3. The summed E-state index contributed by atoms with van der Waals surface area (Å²) in [4.78, 5) is 30.8. The first-order valence-corrected chi connectivity index (χ1v) is 9.87. The van der Waals surface area contributed by atoms with Gasteiger partial charge in [-0.15, -0.1) is 0 Å². The Labute approximate surface area is 183 Å². The molecule has 2 heterocycles. The standard InChI is InChI=1S/C22H19FN6O3/c23-16-1-5-18(6-2-16)32-19-7-3-17(4-8-19)27-22(31)20-9-15(10-24)11-29(20)21(30)12-28-14-25-13-26-28/h1-8,13-15,20H,9,11-12H2,(H,27,31)/t15-,20-/m0/s1. The van der Waals surface area contributed by atoms with Gasteiger partial charge in [-0.1, -0.05) is 0 Å². The number of benzene rings is 2. The molecule has 9 nitrogen and oxygen atoms in total. The third-order valence-corrected chi connectivity index (χ3v) is 5.04. The Hall–Kier alpha value is -4.26. The zero-order valence-corrected chi connectivity index (χ0v) is 16.9. The summed E-state index contributed by atoms with van der Waals surface area (Å²) in [5, 5.41) is 16.0. The van der Waals surface area contributed by atoms with E-state index in [1.165, 1.54) is 46.5 Å². The Morgan fingerprint density at radius 3 is 2.47 bits per heavy atom. The molecule has 162 valence electrons. The Balaban J connectivity index is 1.40. The second-order valence-corrected chi connectivity index (χ2v) is 7.29. The molecule has 0 spiro atoms. The number of nitrogens with zero attached hydrogens (tertiary/aromatic N) is 5. The van der Waals surface area contributed by atoms with Gasteiger partial charge >= 0.3 is 0 Å². The summed E-state index contributed by atoms with van der Waals surface area (Å²) in [6.07, 6.45) is 3.00. The number of hydrogen-bond donors (Lipinski definition) is 1. The van der Waals surface area contributed by atoms with Crippen LogP contribution in [0.15, 0.2) is 61.2 Å². The molecule has 1 N–H and O–H groups in total. The van der Waals surface area contributed by atoms with Crippen molar-refractivity contribution >= 4 is 17.5 Å². The molecule has 2 aromatic carbocycles. The lowest BCUT2D eigenvalue weighted by molar-refractivity contribution is -0.137. The lowest BCUT2D eigenvalue weighted by Gasteiger charge is -2.23. The van der Waals surface area contributed by atoms with Crippen LogP contribution in [-0.2, 0) is 16.1 Å². The maximum atomic E-state index is 13.0. The van der Waals surface area contributed by atoms with Crippen molar-refractivity contribution < 1.29 is 18.7 Å². The average Bonchev–Trinajstić information content (AvgIpc) is 3.46. The number of halogens is 1. The summed E-state index contributed by atoms with van der Waals surface area (Å²) in [6, 6.07) is 13.7. The summed E-state index contributed by atoms with van der Waals surface area (Å²) < 4.78 is 20.0. The van der Waals surface area contributed by atoms with Crippen LogP contribution in [0.3, 0.4) is 0 Å². The third-order valence-electron chi connectivity index (χ3n) is 5.04. The summed E-state index contributed by atoms with van der Waals surface area (Å²) in [6.45, 7) is 0.129. The first-order valence-electron chi connectivity index (χ1n) is 9.87. The van der Waals surface area contributed by atoms with Crippen LogP contribution in [0.2, 0.25) is 0 Å². The van der Waals surface area contributed by atoms with E-state index in [1.54, 1.807) is 24.3 Å². The summed E-state index contributed by atoms with van der Waals surface area (Å²) >= 11 is 0. The molecule has 1 aliphatic rings. The minimum absolute atomic E-state index is 0.0582. The van der Waals surface area contributed by atoms with Crippen LogP contribution in [-0.4, -0.2) is 44.1 Å². The minimum atomic E-state index is -0.759. The zero-order valence-electron chi connectivity index (χ0n) is 16.9. The molecule has 0 saturated carbocycles. The van der Waals surface area contributed by atoms with E-state index in [-0.39, 0.29) is 37.1 Å². The number of nitriles is 1. The highest BCUT2D eigenvalue weighted by atomic mass is 19.1. The summed E-state index contributed by atoms with van der Waals surface area (Å²) in [5.41, 5.74) is 0.519. The van der Waals surface area contributed by atoms with Crippen LogP contribution >= 0.6 is 0 Å². The number of likely N-dealkylation sites (tertiary alicyclic amines) is 1. The number of carbonyl (C=O) groups is 2. The summed E-state index contributed by atoms with van der Waals surface area (Å²) in [5.74, 6) is -0.451. The van der Waals surface area contributed by atoms with Crippen LogP contribution in [0.5, 0.6) is 11.5 Å². The van der Waals surface area contributed by atoms with Gasteiger partial charge in [-0.05, 0) is 55.0 Å². The molecule has 1 aliphatic heterocycles. The first-order chi connectivity index (χ1) is 15.5. The van der Waals surface area contributed by atoms with Gasteiger partial charge < -0.3 is 15.0 Å². The van der Waals surface area contributed by atoms with Gasteiger partial charge in [0.2, 0.25) is 11.8 Å². The summed E-state index contributed by atoms with van der Waals surface area (Å²) in [7, 11) is 0. The van der Waals surface area contributed by atoms with Gasteiger partial charge in [-0.25, -0.2) is 14.1 Å². The van der Waals surface area contributed by atoms with Crippen molar-refractivity contribution in [2.75, 3.05) is 11.9 Å². The molecule has 0 unspecified atom stereocenters. The van der Waals surface area contributed by atoms with E-state index in [1.807, 2.05) is 0 Å². The molecule has 10 heteroatoms. The normalized spacial score (nSPS) is 17.6. The Bertz CT molecular complexity index is 1130. The van der Waals surface area contributed by atoms with Crippen LogP contribution in [0.1, 0.15) is 6.42 Å². The van der Waals surface area contributed by atoms with E-state index >= 15 is 0 Å². The van der Waals surface area contributed by atoms with Gasteiger partial charge in [0.25, 0.3) is 0 Å². The first kappa shape index (κ1) is 21.0. The van der Waals surface area contributed by atoms with Crippen LogP contribution in [0.25, 0.3) is 0 Å². The molecule has 4 rings (SSSR count). The number of hydrogen-bond acceptors (Lipinski definition) is 6. The maximum Gasteiger partial charge on any atom is 0.247 e. The van der Waals surface area contributed by atoms with E-state index < -0.39 is 12.0 Å². The van der Waals surface area contributed by atoms with Crippen molar-refractivity contribution in [2.45, 2.75) is 19.0 Å². The number of aromatic nitrogens is 3. The lowest BCUT2D eigenvalue weighted by atomic mass is 10.1. The number of carbonyl (C=O) groups excluding carboxylic acids is 2. The highest BCUT2D eigenvalue weighted by molar-refractivity contribution is 5.97. The van der Waals surface area contributed by atoms with Gasteiger partial charge in [0, 0.05) is 12.2 Å². The van der Waals surface area contributed by atoms with E-state index in [0.717, 1.165) is 0 Å². The molecule has 32 heavy (non-hydrogen) atoms. The Morgan fingerprint density at radius 1 is 1.16 bits per heavy atom. The molecule has 2 atom stereocenters. The van der Waals surface area contributed by atoms with Crippen LogP contribution in [0.4, 0.5) is 10.1 Å². The fourth-order valence-corrected chi connectivity index (χ4v) is 3.47. The number of amides is 2. The molecule has 2 amide bonds. The topological polar surface area (TPSA) is 113 Å². The SMILES string of the molecule is N#C[C@@H]1C[C@@H](C(=O)Nc2ccc(Oc3ccc(F)cc3)cc2)N(C(=O)Cn2cncn2)C1. The van der Waals surface area contributed by atoms with E-state index in [9.17, 15) is 19.2 Å². The molecule has 0 bridgehead atoms. The second-order valence-electron chi connectivity index (χ2n) is 7.29. The van der Waals surface area contributed by atoms with Gasteiger partial charge in [0.05, 0.1) is 12.0 Å². The van der Waals surface area contributed by atoms with Crippen molar-refractivity contribution in [1.82, 2.24) is 19.7 Å². The Kier molecular flexibility index (Phi) is 6.07. The Morgan fingerprint density at radius 2 is 1.84 bits per heavy atom. The fraction of sp³-hybridized carbons (Fsp3) is 0.227. The highest BCUT2D eigenvalue weighted by Crippen LogP contribution is 2.26. The smallest absolute Gasteiger partial charge is 0.247 e. The lowest BCUT2D eigenvalue weighted by Crippen LogP contribution is -2.44. The van der Waals surface area contributed by atoms with Crippen LogP contribution < -0.4 is 10.1 Å². The fourth-order valence-electron chi connectivity index (χ4n) is 3.47. The van der Waals surface area contributed by atoms with E-state index in [4.69, 9.17) is 4.74 Å². The highest BCUT2D eigenvalue weighted by Gasteiger charge is 2.39. The third kappa shape index (κ3) is 4.89. The van der Waals surface area contributed by atoms with Crippen molar-refractivity contribution in [3.63, 3.8) is 0 Å². The largest absolute Gasteiger partial charge is 0.457 e. The van der Waals surface area contributed by atoms with Gasteiger partial charge in [-0.3, -0.25) is 9.59 Å². The van der Waals surface area contributed by atoms with Crippen molar-refractivity contribution in [3.05, 3.63) is 67.0 Å². The zero-order chi connectivity index (χ0) is 22.5. The van der Waals surface area contributed by atoms with Crippen molar-refractivity contribution in [2.24, 2.45) is 5.92 Å². The van der Waals surface area contributed by atoms with E-state index in [0.29, 0.717) is 17.2 Å².